The van der Waals surface area contributed by atoms with E-state index in [4.69, 9.17) is 11.6 Å². The Morgan fingerprint density at radius 1 is 1.47 bits per heavy atom. The van der Waals surface area contributed by atoms with Crippen molar-refractivity contribution in [3.8, 4) is 0 Å². The summed E-state index contributed by atoms with van der Waals surface area (Å²) in [6.07, 6.45) is -0.367. The quantitative estimate of drug-likeness (QED) is 0.452. The fourth-order valence-corrected chi connectivity index (χ4v) is 2.07. The van der Waals surface area contributed by atoms with Crippen molar-refractivity contribution in [1.29, 1.82) is 0 Å². The molecule has 0 saturated carbocycles. The summed E-state index contributed by atoms with van der Waals surface area (Å²) in [5.74, 6) is -1.88. The monoisotopic (exact) mass is 374 g/mol. The SMILES string of the molecule is COC(=O)C[C@@H](c1ccc(Cl)cc1)C(F)(F)I. The van der Waals surface area contributed by atoms with Crippen LogP contribution in [0.5, 0.6) is 0 Å². The fourth-order valence-electron chi connectivity index (χ4n) is 1.37. The van der Waals surface area contributed by atoms with Crippen molar-refractivity contribution in [2.24, 2.45) is 0 Å². The Morgan fingerprint density at radius 3 is 2.41 bits per heavy atom. The van der Waals surface area contributed by atoms with Gasteiger partial charge in [-0.2, -0.15) is 8.78 Å². The van der Waals surface area contributed by atoms with Crippen molar-refractivity contribution < 1.29 is 18.3 Å². The average molecular weight is 375 g/mol. The maximum atomic E-state index is 13.4. The molecule has 0 amide bonds. The Bertz CT molecular complexity index is 389. The van der Waals surface area contributed by atoms with E-state index in [9.17, 15) is 13.6 Å². The normalized spacial score (nSPS) is 13.2. The Balaban J connectivity index is 2.98. The second-order valence-electron chi connectivity index (χ2n) is 3.43. The lowest BCUT2D eigenvalue weighted by atomic mass is 9.96. The van der Waals surface area contributed by atoms with Gasteiger partial charge in [0.05, 0.1) is 19.4 Å². The number of carbonyl (C=O) groups excluding carboxylic acids is 1. The topological polar surface area (TPSA) is 26.3 Å². The van der Waals surface area contributed by atoms with Crippen LogP contribution in [0.3, 0.4) is 0 Å². The molecule has 2 nitrogen and oxygen atoms in total. The second-order valence-corrected chi connectivity index (χ2v) is 5.30. The van der Waals surface area contributed by atoms with E-state index in [2.05, 4.69) is 4.74 Å². The number of rotatable bonds is 4. The molecule has 0 radical (unpaired) electrons. The van der Waals surface area contributed by atoms with Gasteiger partial charge in [-0.25, -0.2) is 0 Å². The highest BCUT2D eigenvalue weighted by atomic mass is 127. The fraction of sp³-hybridized carbons (Fsp3) is 0.364. The number of hydrogen-bond acceptors (Lipinski definition) is 2. The van der Waals surface area contributed by atoms with Gasteiger partial charge in [0.1, 0.15) is 0 Å². The highest BCUT2D eigenvalue weighted by Gasteiger charge is 2.39. The van der Waals surface area contributed by atoms with Gasteiger partial charge in [0.25, 0.3) is 0 Å². The number of ether oxygens (including phenoxy) is 1. The maximum Gasteiger partial charge on any atom is 0.306 e. The lowest BCUT2D eigenvalue weighted by molar-refractivity contribution is -0.142. The van der Waals surface area contributed by atoms with Gasteiger partial charge < -0.3 is 4.74 Å². The van der Waals surface area contributed by atoms with E-state index in [1.807, 2.05) is 0 Å². The molecule has 0 heterocycles. The number of halogens is 4. The van der Waals surface area contributed by atoms with Gasteiger partial charge >= 0.3 is 9.90 Å². The molecule has 1 aromatic rings. The Morgan fingerprint density at radius 2 is 2.00 bits per heavy atom. The van der Waals surface area contributed by atoms with E-state index in [1.165, 1.54) is 31.4 Å². The Labute approximate surface area is 116 Å². The summed E-state index contributed by atoms with van der Waals surface area (Å²) >= 11 is 6.71. The zero-order chi connectivity index (χ0) is 13.1. The minimum Gasteiger partial charge on any atom is -0.469 e. The lowest BCUT2D eigenvalue weighted by Gasteiger charge is -2.21. The standard InChI is InChI=1S/C11H10ClF2IO2/c1-17-10(16)6-9(11(13,14)15)7-2-4-8(12)5-3-7/h2-5,9H,6H2,1H3/t9-/m0/s1. The summed E-state index contributed by atoms with van der Waals surface area (Å²) in [6.45, 7) is 0. The van der Waals surface area contributed by atoms with Gasteiger partial charge in [0.2, 0.25) is 0 Å². The first-order chi connectivity index (χ1) is 7.84. The molecule has 6 heteroatoms. The third-order valence-electron chi connectivity index (χ3n) is 2.27. The average Bonchev–Trinajstić information content (AvgIpc) is 2.25. The highest BCUT2D eigenvalue weighted by molar-refractivity contribution is 14.1. The van der Waals surface area contributed by atoms with E-state index in [0.29, 0.717) is 10.6 Å². The van der Waals surface area contributed by atoms with Crippen LogP contribution in [0, 0.1) is 0 Å². The van der Waals surface area contributed by atoms with Crippen molar-refractivity contribution in [2.45, 2.75) is 16.3 Å². The number of alkyl halides is 3. The molecule has 0 unspecified atom stereocenters. The summed E-state index contributed by atoms with van der Waals surface area (Å²) in [5, 5.41) is 0.461. The van der Waals surface area contributed by atoms with Gasteiger partial charge in [-0.1, -0.05) is 23.7 Å². The van der Waals surface area contributed by atoms with Crippen molar-refractivity contribution in [3.63, 3.8) is 0 Å². The van der Waals surface area contributed by atoms with E-state index in [0.717, 1.165) is 22.6 Å². The van der Waals surface area contributed by atoms with Crippen LogP contribution in [0.25, 0.3) is 0 Å². The van der Waals surface area contributed by atoms with E-state index < -0.39 is 15.8 Å². The second kappa shape index (κ2) is 5.95. The van der Waals surface area contributed by atoms with E-state index >= 15 is 0 Å². The summed E-state index contributed by atoms with van der Waals surface area (Å²) in [5.41, 5.74) is 0.360. The van der Waals surface area contributed by atoms with E-state index in [-0.39, 0.29) is 6.42 Å². The molecule has 0 aliphatic rings. The van der Waals surface area contributed by atoms with Crippen LogP contribution >= 0.6 is 34.2 Å². The van der Waals surface area contributed by atoms with Crippen LogP contribution in [0.15, 0.2) is 24.3 Å². The third kappa shape index (κ3) is 4.39. The Kier molecular flexibility index (Phi) is 5.12. The van der Waals surface area contributed by atoms with Crippen LogP contribution in [-0.2, 0) is 9.53 Å². The summed E-state index contributed by atoms with van der Waals surface area (Å²) in [6, 6.07) is 6.01. The molecule has 0 fully saturated rings. The molecule has 0 N–H and O–H groups in total. The van der Waals surface area contributed by atoms with Gasteiger partial charge in [0, 0.05) is 5.02 Å². The predicted octanol–water partition coefficient (Wildman–Crippen LogP) is 4.01. The number of methoxy groups -OCH3 is 1. The third-order valence-corrected chi connectivity index (χ3v) is 3.27. The molecule has 0 aliphatic carbocycles. The minimum absolute atomic E-state index is 0.360. The molecule has 94 valence electrons. The summed E-state index contributed by atoms with van der Waals surface area (Å²) in [7, 11) is 1.17. The predicted molar refractivity (Wildman–Crippen MR) is 69.8 cm³/mol. The smallest absolute Gasteiger partial charge is 0.306 e. The van der Waals surface area contributed by atoms with E-state index in [1.54, 1.807) is 0 Å². The number of benzene rings is 1. The molecule has 17 heavy (non-hydrogen) atoms. The van der Waals surface area contributed by atoms with Crippen molar-refractivity contribution >= 4 is 40.2 Å². The first kappa shape index (κ1) is 14.6. The van der Waals surface area contributed by atoms with Crippen LogP contribution in [0.4, 0.5) is 8.78 Å². The van der Waals surface area contributed by atoms with Gasteiger partial charge in [-0.3, -0.25) is 4.79 Å². The number of esters is 1. The largest absolute Gasteiger partial charge is 0.469 e. The highest BCUT2D eigenvalue weighted by Crippen LogP contribution is 2.41. The zero-order valence-electron chi connectivity index (χ0n) is 8.92. The van der Waals surface area contributed by atoms with Crippen LogP contribution in [0.1, 0.15) is 17.9 Å². The molecule has 0 aromatic heterocycles. The van der Waals surface area contributed by atoms with Gasteiger partial charge in [-0.15, -0.1) is 0 Å². The minimum atomic E-state index is -3.03. The van der Waals surface area contributed by atoms with Crippen molar-refractivity contribution in [1.82, 2.24) is 0 Å². The zero-order valence-corrected chi connectivity index (χ0v) is 11.8. The van der Waals surface area contributed by atoms with Crippen LogP contribution < -0.4 is 0 Å². The molecule has 0 aliphatic heterocycles. The molecule has 0 saturated heterocycles. The van der Waals surface area contributed by atoms with Crippen molar-refractivity contribution in [2.75, 3.05) is 7.11 Å². The summed E-state index contributed by atoms with van der Waals surface area (Å²) < 4.78 is 28.2. The van der Waals surface area contributed by atoms with Gasteiger partial charge in [0.15, 0.2) is 0 Å². The Hall–Kier alpha value is -0.430. The molecular formula is C11H10ClF2IO2. The van der Waals surface area contributed by atoms with Crippen LogP contribution in [-0.4, -0.2) is 17.0 Å². The summed E-state index contributed by atoms with van der Waals surface area (Å²) in [4.78, 5) is 11.1. The van der Waals surface area contributed by atoms with Gasteiger partial charge in [-0.05, 0) is 40.3 Å². The number of carbonyl (C=O) groups is 1. The molecule has 0 spiro atoms. The molecule has 1 rings (SSSR count). The molecule has 1 aromatic carbocycles. The molecule has 0 bridgehead atoms. The first-order valence-corrected chi connectivity index (χ1v) is 6.19. The van der Waals surface area contributed by atoms with Crippen molar-refractivity contribution in [3.05, 3.63) is 34.9 Å². The first-order valence-electron chi connectivity index (χ1n) is 4.73. The van der Waals surface area contributed by atoms with Crippen LogP contribution in [0.2, 0.25) is 5.02 Å². The number of hydrogen-bond donors (Lipinski definition) is 0. The maximum absolute atomic E-state index is 13.4. The lowest BCUT2D eigenvalue weighted by Crippen LogP contribution is -2.22. The molecular weight excluding hydrogens is 364 g/mol. The molecule has 1 atom stereocenters.